The second kappa shape index (κ2) is 7.88. The van der Waals surface area contributed by atoms with Crippen LogP contribution in [0.25, 0.3) is 0 Å². The van der Waals surface area contributed by atoms with E-state index in [1.165, 1.54) is 37.9 Å². The number of likely N-dealkylation sites (tertiary alicyclic amines) is 2. The van der Waals surface area contributed by atoms with Gasteiger partial charge in [-0.25, -0.2) is 0 Å². The summed E-state index contributed by atoms with van der Waals surface area (Å²) in [4.78, 5) is 18.7. The summed E-state index contributed by atoms with van der Waals surface area (Å²) in [5.41, 5.74) is 1.91. The summed E-state index contributed by atoms with van der Waals surface area (Å²) in [6.07, 6.45) is 3.73. The Morgan fingerprint density at radius 2 is 1.84 bits per heavy atom. The number of rotatable bonds is 4. The molecule has 2 fully saturated rings. The molecular weight excluding hydrogens is 310 g/mol. The lowest BCUT2D eigenvalue weighted by molar-refractivity contribution is -0.130. The van der Waals surface area contributed by atoms with E-state index in [4.69, 9.17) is 0 Å². The van der Waals surface area contributed by atoms with E-state index in [1.54, 1.807) is 4.90 Å². The van der Waals surface area contributed by atoms with Gasteiger partial charge in [-0.3, -0.25) is 9.69 Å². The van der Waals surface area contributed by atoms with Crippen molar-refractivity contribution < 1.29 is 4.79 Å². The molecule has 4 heteroatoms. The number of hydrogen-bond acceptors (Lipinski definition) is 3. The highest BCUT2D eigenvalue weighted by Crippen LogP contribution is 2.44. The van der Waals surface area contributed by atoms with Crippen LogP contribution in [0.1, 0.15) is 37.7 Å². The van der Waals surface area contributed by atoms with Crippen molar-refractivity contribution >= 4 is 5.91 Å². The molecule has 1 aromatic carbocycles. The van der Waals surface area contributed by atoms with E-state index in [0.717, 1.165) is 19.6 Å². The Balaban J connectivity index is 1.66. The minimum absolute atomic E-state index is 0.219. The van der Waals surface area contributed by atoms with Crippen LogP contribution in [0.5, 0.6) is 0 Å². The number of benzene rings is 1. The zero-order valence-corrected chi connectivity index (χ0v) is 16.1. The van der Waals surface area contributed by atoms with Crippen molar-refractivity contribution in [2.75, 3.05) is 53.4 Å². The lowest BCUT2D eigenvalue weighted by Crippen LogP contribution is -2.52. The molecule has 1 aromatic rings. The van der Waals surface area contributed by atoms with E-state index in [9.17, 15) is 4.79 Å². The Labute approximate surface area is 152 Å². The van der Waals surface area contributed by atoms with Gasteiger partial charge in [0.1, 0.15) is 0 Å². The van der Waals surface area contributed by atoms with E-state index >= 15 is 0 Å². The predicted molar refractivity (Wildman–Crippen MR) is 103 cm³/mol. The highest BCUT2D eigenvalue weighted by atomic mass is 16.2. The third-order valence-electron chi connectivity index (χ3n) is 6.21. The largest absolute Gasteiger partial charge is 0.348 e. The maximum Gasteiger partial charge on any atom is 0.236 e. The van der Waals surface area contributed by atoms with Crippen LogP contribution < -0.4 is 0 Å². The highest BCUT2D eigenvalue weighted by Gasteiger charge is 2.42. The average Bonchev–Trinajstić information content (AvgIpc) is 2.64. The molecule has 0 bridgehead atoms. The fraction of sp³-hybridized carbons (Fsp3) is 0.667. The first-order chi connectivity index (χ1) is 12.0. The second-order valence-corrected chi connectivity index (χ2v) is 8.20. The van der Waals surface area contributed by atoms with Crippen LogP contribution in [-0.4, -0.2) is 74.0 Å². The number of carbonyl (C=O) groups excluding carboxylic acids is 1. The summed E-state index contributed by atoms with van der Waals surface area (Å²) in [5.74, 6) is 0.863. The molecule has 2 saturated heterocycles. The quantitative estimate of drug-likeness (QED) is 0.841. The Bertz CT molecular complexity index is 564. The molecule has 0 aliphatic carbocycles. The highest BCUT2D eigenvalue weighted by molar-refractivity contribution is 5.77. The molecule has 25 heavy (non-hydrogen) atoms. The molecule has 1 atom stereocenters. The summed E-state index contributed by atoms with van der Waals surface area (Å²) in [6, 6.07) is 11.0. The number of carbonyl (C=O) groups is 1. The predicted octanol–water partition coefficient (Wildman–Crippen LogP) is 2.67. The number of hydrogen-bond donors (Lipinski definition) is 0. The molecular formula is C21H33N3O. The van der Waals surface area contributed by atoms with Crippen LogP contribution in [0.3, 0.4) is 0 Å². The number of nitrogens with zero attached hydrogens (tertiary/aromatic N) is 3. The third-order valence-corrected chi connectivity index (χ3v) is 6.21. The van der Waals surface area contributed by atoms with E-state index in [0.29, 0.717) is 17.9 Å². The first-order valence-corrected chi connectivity index (χ1v) is 9.71. The Kier molecular flexibility index (Phi) is 5.80. The van der Waals surface area contributed by atoms with E-state index in [1.807, 2.05) is 14.1 Å². The van der Waals surface area contributed by atoms with Crippen molar-refractivity contribution in [1.82, 2.24) is 14.7 Å². The molecule has 1 spiro atoms. The molecule has 0 saturated carbocycles. The van der Waals surface area contributed by atoms with Gasteiger partial charge in [0.25, 0.3) is 0 Å². The first-order valence-electron chi connectivity index (χ1n) is 9.71. The molecule has 0 N–H and O–H groups in total. The zero-order valence-electron chi connectivity index (χ0n) is 16.1. The van der Waals surface area contributed by atoms with Crippen LogP contribution in [-0.2, 0) is 4.79 Å². The van der Waals surface area contributed by atoms with Gasteiger partial charge in [-0.15, -0.1) is 0 Å². The average molecular weight is 344 g/mol. The second-order valence-electron chi connectivity index (χ2n) is 8.20. The van der Waals surface area contributed by atoms with Gasteiger partial charge in [0.05, 0.1) is 6.54 Å². The summed E-state index contributed by atoms with van der Waals surface area (Å²) in [5, 5.41) is 0. The van der Waals surface area contributed by atoms with E-state index in [2.05, 4.69) is 47.1 Å². The van der Waals surface area contributed by atoms with Gasteiger partial charge < -0.3 is 9.80 Å². The summed E-state index contributed by atoms with van der Waals surface area (Å²) >= 11 is 0. The molecule has 3 rings (SSSR count). The minimum Gasteiger partial charge on any atom is -0.348 e. The van der Waals surface area contributed by atoms with Crippen LogP contribution >= 0.6 is 0 Å². The minimum atomic E-state index is 0.219. The fourth-order valence-electron chi connectivity index (χ4n) is 4.57. The molecule has 0 radical (unpaired) electrons. The van der Waals surface area contributed by atoms with Gasteiger partial charge in [0.15, 0.2) is 0 Å². The van der Waals surface area contributed by atoms with E-state index in [-0.39, 0.29) is 5.91 Å². The third kappa shape index (κ3) is 4.42. The maximum atomic E-state index is 12.0. The van der Waals surface area contributed by atoms with Gasteiger partial charge in [-0.2, -0.15) is 0 Å². The monoisotopic (exact) mass is 343 g/mol. The molecule has 0 aromatic heterocycles. The lowest BCUT2D eigenvalue weighted by Gasteiger charge is -2.50. The topological polar surface area (TPSA) is 26.8 Å². The van der Waals surface area contributed by atoms with Gasteiger partial charge >= 0.3 is 0 Å². The molecule has 138 valence electrons. The first kappa shape index (κ1) is 18.4. The molecule has 2 aliphatic rings. The van der Waals surface area contributed by atoms with Crippen molar-refractivity contribution in [2.24, 2.45) is 5.41 Å². The zero-order chi connectivity index (χ0) is 17.9. The van der Waals surface area contributed by atoms with E-state index < -0.39 is 0 Å². The van der Waals surface area contributed by atoms with Crippen molar-refractivity contribution in [1.29, 1.82) is 0 Å². The van der Waals surface area contributed by atoms with Gasteiger partial charge in [0.2, 0.25) is 5.91 Å². The number of likely N-dealkylation sites (N-methyl/N-ethyl adjacent to an activating group) is 2. The maximum absolute atomic E-state index is 12.0. The van der Waals surface area contributed by atoms with Gasteiger partial charge in [-0.05, 0) is 55.8 Å². The normalized spacial score (nSPS) is 24.4. The van der Waals surface area contributed by atoms with Gasteiger partial charge in [0, 0.05) is 27.2 Å². The number of piperidine rings is 2. The van der Waals surface area contributed by atoms with Gasteiger partial charge in [-0.1, -0.05) is 37.3 Å². The molecule has 0 unspecified atom stereocenters. The van der Waals surface area contributed by atoms with Crippen molar-refractivity contribution in [3.8, 4) is 0 Å². The molecule has 4 nitrogen and oxygen atoms in total. The molecule has 2 aliphatic heterocycles. The van der Waals surface area contributed by atoms with Crippen molar-refractivity contribution in [3.63, 3.8) is 0 Å². The standard InChI is InChI=1S/C21H33N3O/c1-4-23-15-19(18-8-6-5-7-9-18)14-21(17-23)10-12-24(13-11-21)16-20(25)22(2)3/h5-9,19H,4,10-17H2,1-3H3/t19-/m1/s1. The summed E-state index contributed by atoms with van der Waals surface area (Å²) in [7, 11) is 3.69. The van der Waals surface area contributed by atoms with Crippen molar-refractivity contribution in [3.05, 3.63) is 35.9 Å². The Morgan fingerprint density at radius 3 is 2.44 bits per heavy atom. The lowest BCUT2D eigenvalue weighted by atomic mass is 9.68. The Morgan fingerprint density at radius 1 is 1.16 bits per heavy atom. The summed E-state index contributed by atoms with van der Waals surface area (Å²) in [6.45, 7) is 8.51. The number of amides is 1. The van der Waals surface area contributed by atoms with Crippen LogP contribution in [0.15, 0.2) is 30.3 Å². The Hall–Kier alpha value is -1.39. The van der Waals surface area contributed by atoms with Crippen LogP contribution in [0.4, 0.5) is 0 Å². The van der Waals surface area contributed by atoms with Crippen LogP contribution in [0.2, 0.25) is 0 Å². The smallest absolute Gasteiger partial charge is 0.236 e. The summed E-state index contributed by atoms with van der Waals surface area (Å²) < 4.78 is 0. The fourth-order valence-corrected chi connectivity index (χ4v) is 4.57. The SMILES string of the molecule is CCN1C[C@H](c2ccccc2)CC2(CCN(CC(=O)N(C)C)CC2)C1. The van der Waals surface area contributed by atoms with Crippen molar-refractivity contribution in [2.45, 2.75) is 32.1 Å². The van der Waals surface area contributed by atoms with Crippen LogP contribution in [0, 0.1) is 5.41 Å². The molecule has 2 heterocycles. The molecule has 1 amide bonds.